The normalized spacial score (nSPS) is 9.91. The van der Waals surface area contributed by atoms with Crippen molar-refractivity contribution in [1.29, 1.82) is 0 Å². The van der Waals surface area contributed by atoms with Gasteiger partial charge in [-0.25, -0.2) is 0 Å². The number of nitrogens with one attached hydrogen (secondary N) is 1. The highest BCUT2D eigenvalue weighted by molar-refractivity contribution is 6.46. The van der Waals surface area contributed by atoms with Crippen molar-refractivity contribution in [3.8, 4) is 0 Å². The van der Waals surface area contributed by atoms with Gasteiger partial charge in [0.05, 0.1) is 0 Å². The Balaban J connectivity index is 2.14. The fraction of sp³-hybridized carbons (Fsp3) is 0.118. The molecule has 5 heteroatoms. The molecule has 112 valence electrons. The molecule has 0 aliphatic rings. The van der Waals surface area contributed by atoms with Gasteiger partial charge in [0.15, 0.2) is 0 Å². The maximum atomic E-state index is 12.0. The van der Waals surface area contributed by atoms with E-state index in [0.717, 1.165) is 0 Å². The molecule has 2 aromatic rings. The number of amides is 2. The largest absolute Gasteiger partial charge is 0.345 e. The Labute approximate surface area is 128 Å². The van der Waals surface area contributed by atoms with Gasteiger partial charge in [0, 0.05) is 30.9 Å². The molecule has 1 N–H and O–H groups in total. The molecule has 0 bridgehead atoms. The maximum absolute atomic E-state index is 12.0. The Bertz CT molecular complexity index is 709. The number of carbonyl (C=O) groups is 3. The first kappa shape index (κ1) is 15.4. The number of hydrogen-bond acceptors (Lipinski definition) is 3. The van der Waals surface area contributed by atoms with Gasteiger partial charge in [-0.2, -0.15) is 0 Å². The number of rotatable bonds is 4. The molecule has 0 aromatic heterocycles. The molecule has 0 aliphatic carbocycles. The molecule has 2 amide bonds. The second-order valence-corrected chi connectivity index (χ2v) is 4.93. The van der Waals surface area contributed by atoms with Gasteiger partial charge in [-0.15, -0.1) is 0 Å². The zero-order valence-electron chi connectivity index (χ0n) is 12.4. The number of nitrogens with zero attached hydrogens (tertiary/aromatic N) is 1. The van der Waals surface area contributed by atoms with Crippen LogP contribution in [0.2, 0.25) is 0 Å². The van der Waals surface area contributed by atoms with Gasteiger partial charge in [-0.3, -0.25) is 14.4 Å². The van der Waals surface area contributed by atoms with Crippen molar-refractivity contribution >= 4 is 23.3 Å². The molecule has 2 aromatic carbocycles. The molecule has 0 radical (unpaired) electrons. The SMILES string of the molecule is CN(C)C(=O)c1cccc(NC(=O)C(=O)c2ccccc2)c1. The summed E-state index contributed by atoms with van der Waals surface area (Å²) in [6.45, 7) is 0. The fourth-order valence-electron chi connectivity index (χ4n) is 1.90. The lowest BCUT2D eigenvalue weighted by molar-refractivity contribution is -0.112. The average Bonchev–Trinajstić information content (AvgIpc) is 2.54. The van der Waals surface area contributed by atoms with E-state index in [-0.39, 0.29) is 5.91 Å². The van der Waals surface area contributed by atoms with Crippen LogP contribution in [0, 0.1) is 0 Å². The highest BCUT2D eigenvalue weighted by atomic mass is 16.2. The predicted molar refractivity (Wildman–Crippen MR) is 83.9 cm³/mol. The predicted octanol–water partition coefficient (Wildman–Crippen LogP) is 2.21. The molecule has 0 fully saturated rings. The topological polar surface area (TPSA) is 66.5 Å². The molecule has 22 heavy (non-hydrogen) atoms. The van der Waals surface area contributed by atoms with E-state index in [1.807, 2.05) is 0 Å². The van der Waals surface area contributed by atoms with Crippen molar-refractivity contribution < 1.29 is 14.4 Å². The fourth-order valence-corrected chi connectivity index (χ4v) is 1.90. The molecule has 0 aliphatic heterocycles. The van der Waals surface area contributed by atoms with Crippen LogP contribution in [0.1, 0.15) is 20.7 Å². The first-order valence-corrected chi connectivity index (χ1v) is 6.71. The third kappa shape index (κ3) is 3.58. The van der Waals surface area contributed by atoms with Gasteiger partial charge >= 0.3 is 0 Å². The lowest BCUT2D eigenvalue weighted by Gasteiger charge is -2.11. The van der Waals surface area contributed by atoms with E-state index in [9.17, 15) is 14.4 Å². The standard InChI is InChI=1S/C17H16N2O3/c1-19(2)17(22)13-9-6-10-14(11-13)18-16(21)15(20)12-7-4-3-5-8-12/h3-11H,1-2H3,(H,18,21). The van der Waals surface area contributed by atoms with E-state index in [1.54, 1.807) is 68.7 Å². The summed E-state index contributed by atoms with van der Waals surface area (Å²) < 4.78 is 0. The smallest absolute Gasteiger partial charge is 0.296 e. The summed E-state index contributed by atoms with van der Waals surface area (Å²) in [5.74, 6) is -1.53. The van der Waals surface area contributed by atoms with Gasteiger partial charge in [-0.1, -0.05) is 36.4 Å². The number of hydrogen-bond donors (Lipinski definition) is 1. The molecule has 0 saturated heterocycles. The van der Waals surface area contributed by atoms with Gasteiger partial charge in [0.1, 0.15) is 0 Å². The van der Waals surface area contributed by atoms with E-state index >= 15 is 0 Å². The second kappa shape index (κ2) is 6.67. The van der Waals surface area contributed by atoms with Crippen LogP contribution in [-0.2, 0) is 4.79 Å². The van der Waals surface area contributed by atoms with Gasteiger partial charge in [0.25, 0.3) is 17.6 Å². The van der Waals surface area contributed by atoms with Crippen molar-refractivity contribution in [2.24, 2.45) is 0 Å². The summed E-state index contributed by atoms with van der Waals surface area (Å²) in [4.78, 5) is 37.3. The third-order valence-corrected chi connectivity index (χ3v) is 3.02. The van der Waals surface area contributed by atoms with Crippen LogP contribution in [-0.4, -0.2) is 36.6 Å². The highest BCUT2D eigenvalue weighted by Crippen LogP contribution is 2.13. The lowest BCUT2D eigenvalue weighted by Crippen LogP contribution is -2.24. The van der Waals surface area contributed by atoms with Crippen LogP contribution >= 0.6 is 0 Å². The van der Waals surface area contributed by atoms with Crippen molar-refractivity contribution in [3.63, 3.8) is 0 Å². The first-order chi connectivity index (χ1) is 10.5. The second-order valence-electron chi connectivity index (χ2n) is 4.93. The molecular formula is C17H16N2O3. The van der Waals surface area contributed by atoms with Crippen LogP contribution in [0.5, 0.6) is 0 Å². The molecule has 0 atom stereocenters. The van der Waals surface area contributed by atoms with Gasteiger partial charge in [-0.05, 0) is 18.2 Å². The highest BCUT2D eigenvalue weighted by Gasteiger charge is 2.16. The molecule has 0 saturated carbocycles. The monoisotopic (exact) mass is 296 g/mol. The number of carbonyl (C=O) groups excluding carboxylic acids is 3. The quantitative estimate of drug-likeness (QED) is 0.695. The molecule has 0 spiro atoms. The lowest BCUT2D eigenvalue weighted by atomic mass is 10.1. The van der Waals surface area contributed by atoms with Crippen molar-refractivity contribution in [1.82, 2.24) is 4.90 Å². The van der Waals surface area contributed by atoms with E-state index in [4.69, 9.17) is 0 Å². The zero-order chi connectivity index (χ0) is 16.1. The van der Waals surface area contributed by atoms with E-state index < -0.39 is 11.7 Å². The summed E-state index contributed by atoms with van der Waals surface area (Å²) in [5.41, 5.74) is 1.16. The minimum absolute atomic E-state index is 0.175. The van der Waals surface area contributed by atoms with Crippen LogP contribution in [0.25, 0.3) is 0 Å². The molecule has 5 nitrogen and oxygen atoms in total. The summed E-state index contributed by atoms with van der Waals surface area (Å²) in [6.07, 6.45) is 0. The first-order valence-electron chi connectivity index (χ1n) is 6.71. The average molecular weight is 296 g/mol. The van der Waals surface area contributed by atoms with Crippen LogP contribution in [0.3, 0.4) is 0 Å². The molecule has 0 heterocycles. The van der Waals surface area contributed by atoms with Crippen LogP contribution in [0.4, 0.5) is 5.69 Å². The van der Waals surface area contributed by atoms with Gasteiger partial charge in [0.2, 0.25) is 0 Å². The minimum atomic E-state index is -0.736. The Morgan fingerprint density at radius 1 is 0.864 bits per heavy atom. The maximum Gasteiger partial charge on any atom is 0.296 e. The molecule has 0 unspecified atom stereocenters. The number of Topliss-reactive ketones (excluding diaryl/α,β-unsaturated/α-hetero) is 1. The Morgan fingerprint density at radius 3 is 2.14 bits per heavy atom. The summed E-state index contributed by atoms with van der Waals surface area (Å²) >= 11 is 0. The zero-order valence-corrected chi connectivity index (χ0v) is 12.4. The third-order valence-electron chi connectivity index (χ3n) is 3.02. The molecule has 2 rings (SSSR count). The number of anilines is 1. The molecular weight excluding hydrogens is 280 g/mol. The number of benzene rings is 2. The van der Waals surface area contributed by atoms with Gasteiger partial charge < -0.3 is 10.2 Å². The number of ketones is 1. The minimum Gasteiger partial charge on any atom is -0.345 e. The summed E-state index contributed by atoms with van der Waals surface area (Å²) in [5, 5.41) is 2.52. The van der Waals surface area contributed by atoms with Crippen molar-refractivity contribution in [2.45, 2.75) is 0 Å². The Kier molecular flexibility index (Phi) is 4.68. The van der Waals surface area contributed by atoms with Crippen LogP contribution < -0.4 is 5.32 Å². The van der Waals surface area contributed by atoms with E-state index in [2.05, 4.69) is 5.32 Å². The summed E-state index contributed by atoms with van der Waals surface area (Å²) in [6, 6.07) is 14.8. The van der Waals surface area contributed by atoms with Crippen LogP contribution in [0.15, 0.2) is 54.6 Å². The Hall–Kier alpha value is -2.95. The van der Waals surface area contributed by atoms with E-state index in [0.29, 0.717) is 16.8 Å². The Morgan fingerprint density at radius 2 is 1.50 bits per heavy atom. The van der Waals surface area contributed by atoms with E-state index in [1.165, 1.54) is 4.90 Å². The van der Waals surface area contributed by atoms with Crippen molar-refractivity contribution in [3.05, 3.63) is 65.7 Å². The summed E-state index contributed by atoms with van der Waals surface area (Å²) in [7, 11) is 3.29. The van der Waals surface area contributed by atoms with Crippen molar-refractivity contribution in [2.75, 3.05) is 19.4 Å².